The fraction of sp³-hybridized carbons (Fsp3) is 0.444. The lowest BCUT2D eigenvalue weighted by Crippen LogP contribution is -2.17. The van der Waals surface area contributed by atoms with Gasteiger partial charge < -0.3 is 33.2 Å². The summed E-state index contributed by atoms with van der Waals surface area (Å²) in [7, 11) is 8.09. The van der Waals surface area contributed by atoms with Crippen LogP contribution in [0.25, 0.3) is 0 Å². The second kappa shape index (κ2) is 14.1. The molecule has 0 fully saturated rings. The zero-order chi connectivity index (χ0) is 32.8. The Morgan fingerprint density at radius 3 is 1.53 bits per heavy atom. The number of methoxy groups -OCH3 is 5. The second-order valence-corrected chi connectivity index (χ2v) is 12.3. The average Bonchev–Trinajstić information content (AvgIpc) is 3.60. The summed E-state index contributed by atoms with van der Waals surface area (Å²) in [4.78, 5) is 9.32. The van der Waals surface area contributed by atoms with Gasteiger partial charge in [-0.1, -0.05) is 37.3 Å². The highest BCUT2D eigenvalue weighted by atomic mass is 16.5. The Hall–Kier alpha value is -4.40. The maximum atomic E-state index is 5.92. The van der Waals surface area contributed by atoms with Gasteiger partial charge in [0.05, 0.1) is 52.2 Å². The molecule has 0 saturated heterocycles. The lowest BCUT2D eigenvalue weighted by Gasteiger charge is -2.19. The number of hydrogen-bond donors (Lipinski definition) is 0. The monoisotopic (exact) mass is 618 g/mol. The summed E-state index contributed by atoms with van der Waals surface area (Å²) in [6, 6.07) is 18.1. The van der Waals surface area contributed by atoms with E-state index < -0.39 is 0 Å². The molecule has 2 aliphatic heterocycles. The van der Waals surface area contributed by atoms with Gasteiger partial charge in [-0.3, -0.25) is 0 Å². The Kier molecular flexibility index (Phi) is 10.5. The molecule has 3 aromatic rings. The minimum atomic E-state index is -0.215. The molecule has 9 nitrogen and oxygen atoms in total. The van der Waals surface area contributed by atoms with Crippen LogP contribution in [0.1, 0.15) is 62.8 Å². The third-order valence-corrected chi connectivity index (χ3v) is 7.57. The highest BCUT2D eigenvalue weighted by Crippen LogP contribution is 2.38. The standard InChI is InChI=1S/C22H27NO3.C14H19NO4/c1-15(11-16-9-7-6-8-10-16)17-12-19(24-4)20(25-5)13-18(17)21-23-22(2,3)14-26-21;1-14(2)8-19-13(15-14)9-6-11(17-4)12(18-5)7-10(9)16-3/h6-10,12-13,15H,11,14H2,1-5H3;6-7H,8H2,1-5H3. The summed E-state index contributed by atoms with van der Waals surface area (Å²) in [6.45, 7) is 11.6. The SMILES string of the molecule is COc1cc(C2=NC(C)(C)CO2)c(C(C)Cc2ccccc2)cc1OC.COc1cc(OC)c(C2=NC(C)(C)CO2)cc1OC. The van der Waals surface area contributed by atoms with Gasteiger partial charge in [0.25, 0.3) is 0 Å². The van der Waals surface area contributed by atoms with Crippen LogP contribution in [0.15, 0.2) is 64.6 Å². The fourth-order valence-corrected chi connectivity index (χ4v) is 5.21. The van der Waals surface area contributed by atoms with E-state index in [2.05, 4.69) is 56.1 Å². The molecule has 0 saturated carbocycles. The van der Waals surface area contributed by atoms with Crippen molar-refractivity contribution in [3.63, 3.8) is 0 Å². The van der Waals surface area contributed by atoms with E-state index in [0.717, 1.165) is 28.9 Å². The van der Waals surface area contributed by atoms with Crippen LogP contribution in [-0.4, -0.2) is 71.6 Å². The third kappa shape index (κ3) is 8.01. The van der Waals surface area contributed by atoms with E-state index in [1.54, 1.807) is 41.6 Å². The van der Waals surface area contributed by atoms with E-state index in [-0.39, 0.29) is 17.0 Å². The predicted octanol–water partition coefficient (Wildman–Crippen LogP) is 6.87. The van der Waals surface area contributed by atoms with Crippen molar-refractivity contribution in [2.24, 2.45) is 9.98 Å². The van der Waals surface area contributed by atoms with Crippen LogP contribution in [-0.2, 0) is 15.9 Å². The first-order valence-corrected chi connectivity index (χ1v) is 15.0. The number of hydrogen-bond acceptors (Lipinski definition) is 9. The Bertz CT molecular complexity index is 1530. The molecule has 0 aromatic heterocycles. The Labute approximate surface area is 267 Å². The van der Waals surface area contributed by atoms with Gasteiger partial charge >= 0.3 is 0 Å². The topological polar surface area (TPSA) is 89.3 Å². The molecule has 242 valence electrons. The summed E-state index contributed by atoms with van der Waals surface area (Å²) in [6.07, 6.45) is 0.931. The number of aliphatic imine (C=N–C) groups is 2. The van der Waals surface area contributed by atoms with Crippen molar-refractivity contribution in [1.82, 2.24) is 0 Å². The van der Waals surface area contributed by atoms with Crippen molar-refractivity contribution in [3.05, 3.63) is 76.9 Å². The summed E-state index contributed by atoms with van der Waals surface area (Å²) < 4.78 is 38.5. The van der Waals surface area contributed by atoms with Gasteiger partial charge in [0.15, 0.2) is 23.0 Å². The molecule has 1 atom stereocenters. The van der Waals surface area contributed by atoms with E-state index >= 15 is 0 Å². The van der Waals surface area contributed by atoms with Crippen LogP contribution < -0.4 is 23.7 Å². The van der Waals surface area contributed by atoms with Crippen LogP contribution in [0.5, 0.6) is 28.7 Å². The molecule has 5 rings (SSSR count). The molecule has 9 heteroatoms. The summed E-state index contributed by atoms with van der Waals surface area (Å²) in [5, 5.41) is 0. The van der Waals surface area contributed by atoms with Gasteiger partial charge in [-0.25, -0.2) is 9.98 Å². The first kappa shape index (κ1) is 33.5. The van der Waals surface area contributed by atoms with Gasteiger partial charge in [0.1, 0.15) is 19.0 Å². The normalized spacial score (nSPS) is 16.6. The van der Waals surface area contributed by atoms with Crippen LogP contribution in [0, 0.1) is 0 Å². The molecular formula is C36H46N2O7. The first-order valence-electron chi connectivity index (χ1n) is 15.0. The molecule has 2 aliphatic rings. The molecule has 0 N–H and O–H groups in total. The van der Waals surface area contributed by atoms with Crippen molar-refractivity contribution in [3.8, 4) is 28.7 Å². The molecular weight excluding hydrogens is 572 g/mol. The fourth-order valence-electron chi connectivity index (χ4n) is 5.21. The van der Waals surface area contributed by atoms with Crippen LogP contribution in [0.4, 0.5) is 0 Å². The average molecular weight is 619 g/mol. The quantitative estimate of drug-likeness (QED) is 0.245. The second-order valence-electron chi connectivity index (χ2n) is 12.3. The molecule has 0 bridgehead atoms. The van der Waals surface area contributed by atoms with E-state index in [4.69, 9.17) is 38.2 Å². The molecule has 2 heterocycles. The zero-order valence-electron chi connectivity index (χ0n) is 28.1. The van der Waals surface area contributed by atoms with Crippen LogP contribution in [0.3, 0.4) is 0 Å². The van der Waals surface area contributed by atoms with Crippen LogP contribution >= 0.6 is 0 Å². The smallest absolute Gasteiger partial charge is 0.220 e. The molecule has 45 heavy (non-hydrogen) atoms. The largest absolute Gasteiger partial charge is 0.496 e. The Morgan fingerprint density at radius 2 is 1.07 bits per heavy atom. The van der Waals surface area contributed by atoms with E-state index in [1.165, 1.54) is 5.56 Å². The molecule has 0 aliphatic carbocycles. The Morgan fingerprint density at radius 1 is 0.622 bits per heavy atom. The summed E-state index contributed by atoms with van der Waals surface area (Å²) >= 11 is 0. The minimum absolute atomic E-state index is 0.206. The van der Waals surface area contributed by atoms with Crippen molar-refractivity contribution in [1.29, 1.82) is 0 Å². The maximum absolute atomic E-state index is 5.92. The molecule has 0 spiro atoms. The lowest BCUT2D eigenvalue weighted by atomic mass is 9.89. The first-order chi connectivity index (χ1) is 21.4. The number of benzene rings is 3. The number of rotatable bonds is 10. The van der Waals surface area contributed by atoms with E-state index in [9.17, 15) is 0 Å². The zero-order valence-corrected chi connectivity index (χ0v) is 28.1. The molecule has 0 radical (unpaired) electrons. The molecule has 3 aromatic carbocycles. The van der Waals surface area contributed by atoms with Crippen molar-refractivity contribution in [2.45, 2.75) is 58.0 Å². The van der Waals surface area contributed by atoms with Gasteiger partial charge in [0, 0.05) is 17.7 Å². The van der Waals surface area contributed by atoms with Crippen molar-refractivity contribution in [2.75, 3.05) is 48.8 Å². The predicted molar refractivity (Wildman–Crippen MR) is 177 cm³/mol. The van der Waals surface area contributed by atoms with Crippen molar-refractivity contribution >= 4 is 11.8 Å². The van der Waals surface area contributed by atoms with Gasteiger partial charge in [0.2, 0.25) is 11.8 Å². The summed E-state index contributed by atoms with van der Waals surface area (Å²) in [5.41, 5.74) is 3.79. The van der Waals surface area contributed by atoms with Gasteiger partial charge in [-0.15, -0.1) is 0 Å². The van der Waals surface area contributed by atoms with Gasteiger partial charge in [-0.2, -0.15) is 0 Å². The van der Waals surface area contributed by atoms with Crippen molar-refractivity contribution < 1.29 is 33.2 Å². The Balaban J connectivity index is 0.000000215. The molecule has 1 unspecified atom stereocenters. The number of ether oxygens (including phenoxy) is 7. The van der Waals surface area contributed by atoms with Crippen LogP contribution in [0.2, 0.25) is 0 Å². The maximum Gasteiger partial charge on any atom is 0.220 e. The third-order valence-electron chi connectivity index (χ3n) is 7.57. The molecule has 0 amide bonds. The van der Waals surface area contributed by atoms with E-state index in [1.807, 2.05) is 32.0 Å². The minimum Gasteiger partial charge on any atom is -0.496 e. The summed E-state index contributed by atoms with van der Waals surface area (Å²) in [5.74, 6) is 4.83. The highest BCUT2D eigenvalue weighted by Gasteiger charge is 2.31. The van der Waals surface area contributed by atoms with Gasteiger partial charge in [-0.05, 0) is 63.3 Å². The van der Waals surface area contributed by atoms with E-state index in [0.29, 0.717) is 48.0 Å². The number of nitrogens with zero attached hydrogens (tertiary/aromatic N) is 2. The highest BCUT2D eigenvalue weighted by molar-refractivity contribution is 5.99. The lowest BCUT2D eigenvalue weighted by molar-refractivity contribution is 0.278.